The molecule has 0 bridgehead atoms. The number of carbonyl (C=O) groups is 2. The molecule has 7 heteroatoms. The number of hydrogen-bond donors (Lipinski definition) is 1. The van der Waals surface area contributed by atoms with Crippen molar-refractivity contribution in [1.29, 1.82) is 0 Å². The Balaban J connectivity index is 1.52. The summed E-state index contributed by atoms with van der Waals surface area (Å²) in [7, 11) is 0. The molecule has 0 fully saturated rings. The van der Waals surface area contributed by atoms with Gasteiger partial charge in [0.15, 0.2) is 10.9 Å². The van der Waals surface area contributed by atoms with Crippen LogP contribution in [0.5, 0.6) is 0 Å². The van der Waals surface area contributed by atoms with Crippen LogP contribution in [0, 0.1) is 0 Å². The Bertz CT molecular complexity index is 963. The van der Waals surface area contributed by atoms with E-state index in [4.69, 9.17) is 5.73 Å². The van der Waals surface area contributed by atoms with Crippen LogP contribution in [0.4, 0.5) is 10.8 Å². The quantitative estimate of drug-likeness (QED) is 0.739. The summed E-state index contributed by atoms with van der Waals surface area (Å²) in [6, 6.07) is 11.3. The molecule has 4 rings (SSSR count). The number of benzene rings is 1. The number of carbonyl (C=O) groups excluding carboxylic acids is 2. The van der Waals surface area contributed by atoms with E-state index in [0.29, 0.717) is 36.5 Å². The van der Waals surface area contributed by atoms with Gasteiger partial charge in [0.1, 0.15) is 0 Å². The van der Waals surface area contributed by atoms with E-state index < -0.39 is 0 Å². The number of aromatic nitrogens is 1. The minimum atomic E-state index is 0.0223. The number of nitrogens with two attached hydrogens (primary N) is 1. The molecule has 0 spiro atoms. The van der Waals surface area contributed by atoms with Crippen LogP contribution in [0.25, 0.3) is 10.6 Å². The van der Waals surface area contributed by atoms with Crippen molar-refractivity contribution in [3.05, 3.63) is 52.2 Å². The van der Waals surface area contributed by atoms with E-state index in [0.717, 1.165) is 21.1 Å². The number of fused-ring (bicyclic) bond motifs is 1. The van der Waals surface area contributed by atoms with E-state index in [1.807, 2.05) is 35.7 Å². The Kier molecular flexibility index (Phi) is 4.57. The number of para-hydroxylation sites is 1. The highest BCUT2D eigenvalue weighted by molar-refractivity contribution is 7.17. The van der Waals surface area contributed by atoms with Crippen molar-refractivity contribution in [2.45, 2.75) is 19.3 Å². The number of amides is 1. The highest BCUT2D eigenvalue weighted by Gasteiger charge is 2.27. The van der Waals surface area contributed by atoms with Crippen LogP contribution in [0.15, 0.2) is 41.8 Å². The highest BCUT2D eigenvalue weighted by Crippen LogP contribution is 2.34. The molecule has 2 aromatic heterocycles. The van der Waals surface area contributed by atoms with Gasteiger partial charge in [-0.25, -0.2) is 4.98 Å². The number of ketones is 1. The SMILES string of the molecule is Nc1nc(-c2cccs2)c(CCC(=O)N2CCC(=O)c3ccccc32)s1. The fourth-order valence-electron chi connectivity index (χ4n) is 3.17. The summed E-state index contributed by atoms with van der Waals surface area (Å²) in [6.45, 7) is 0.442. The Labute approximate surface area is 159 Å². The van der Waals surface area contributed by atoms with E-state index >= 15 is 0 Å². The Hall–Kier alpha value is -2.51. The third-order valence-electron chi connectivity index (χ3n) is 4.39. The topological polar surface area (TPSA) is 76.3 Å². The molecule has 3 heterocycles. The highest BCUT2D eigenvalue weighted by atomic mass is 32.1. The van der Waals surface area contributed by atoms with Crippen LogP contribution >= 0.6 is 22.7 Å². The zero-order chi connectivity index (χ0) is 18.1. The predicted molar refractivity (Wildman–Crippen MR) is 106 cm³/mol. The van der Waals surface area contributed by atoms with Gasteiger partial charge in [0.05, 0.1) is 16.3 Å². The summed E-state index contributed by atoms with van der Waals surface area (Å²) in [6.07, 6.45) is 1.33. The smallest absolute Gasteiger partial charge is 0.227 e. The molecule has 0 saturated carbocycles. The summed E-state index contributed by atoms with van der Waals surface area (Å²) >= 11 is 3.05. The van der Waals surface area contributed by atoms with Gasteiger partial charge in [-0.3, -0.25) is 9.59 Å². The molecule has 1 amide bonds. The molecule has 1 aliphatic heterocycles. The first-order chi connectivity index (χ1) is 12.6. The number of thiazole rings is 1. The average Bonchev–Trinajstić information content (AvgIpc) is 3.29. The summed E-state index contributed by atoms with van der Waals surface area (Å²) < 4.78 is 0. The summed E-state index contributed by atoms with van der Waals surface area (Å²) in [5.74, 6) is 0.119. The molecule has 0 aliphatic carbocycles. The van der Waals surface area contributed by atoms with Crippen LogP contribution in [0.2, 0.25) is 0 Å². The zero-order valence-electron chi connectivity index (χ0n) is 14.0. The number of aryl methyl sites for hydroxylation is 1. The zero-order valence-corrected chi connectivity index (χ0v) is 15.6. The minimum absolute atomic E-state index is 0.0223. The fraction of sp³-hybridized carbons (Fsp3) is 0.211. The molecule has 5 nitrogen and oxygen atoms in total. The Morgan fingerprint density at radius 1 is 1.23 bits per heavy atom. The average molecular weight is 383 g/mol. The van der Waals surface area contributed by atoms with Gasteiger partial charge in [-0.1, -0.05) is 18.2 Å². The first kappa shape index (κ1) is 16.9. The van der Waals surface area contributed by atoms with E-state index in [1.54, 1.807) is 22.3 Å². The Morgan fingerprint density at radius 2 is 2.08 bits per heavy atom. The summed E-state index contributed by atoms with van der Waals surface area (Å²) in [5.41, 5.74) is 8.12. The normalized spacial score (nSPS) is 13.7. The van der Waals surface area contributed by atoms with E-state index in [2.05, 4.69) is 4.98 Å². The van der Waals surface area contributed by atoms with Gasteiger partial charge >= 0.3 is 0 Å². The van der Waals surface area contributed by atoms with Gasteiger partial charge in [-0.05, 0) is 30.0 Å². The molecule has 1 aromatic carbocycles. The van der Waals surface area contributed by atoms with Crippen molar-refractivity contribution >= 4 is 45.2 Å². The van der Waals surface area contributed by atoms with Crippen molar-refractivity contribution in [2.24, 2.45) is 0 Å². The molecule has 0 radical (unpaired) electrons. The second-order valence-electron chi connectivity index (χ2n) is 6.04. The fourth-order valence-corrected chi connectivity index (χ4v) is 4.82. The first-order valence-electron chi connectivity index (χ1n) is 8.35. The number of thiophene rings is 1. The summed E-state index contributed by atoms with van der Waals surface area (Å²) in [4.78, 5) is 33.1. The van der Waals surface area contributed by atoms with Crippen molar-refractivity contribution in [3.8, 4) is 10.6 Å². The molecular formula is C19H17N3O2S2. The predicted octanol–water partition coefficient (Wildman–Crippen LogP) is 4.01. The molecule has 1 aliphatic rings. The third-order valence-corrected chi connectivity index (χ3v) is 6.21. The maximum absolute atomic E-state index is 12.8. The van der Waals surface area contributed by atoms with Crippen LogP contribution in [-0.2, 0) is 11.2 Å². The number of nitrogen functional groups attached to an aromatic ring is 1. The molecule has 132 valence electrons. The first-order valence-corrected chi connectivity index (χ1v) is 10.0. The third kappa shape index (κ3) is 3.15. The van der Waals surface area contributed by atoms with Crippen LogP contribution < -0.4 is 10.6 Å². The van der Waals surface area contributed by atoms with Crippen LogP contribution in [0.1, 0.15) is 28.1 Å². The number of hydrogen-bond acceptors (Lipinski definition) is 6. The molecule has 0 saturated heterocycles. The van der Waals surface area contributed by atoms with Crippen molar-refractivity contribution < 1.29 is 9.59 Å². The lowest BCUT2D eigenvalue weighted by Gasteiger charge is -2.28. The lowest BCUT2D eigenvalue weighted by Crippen LogP contribution is -2.37. The van der Waals surface area contributed by atoms with Gasteiger partial charge < -0.3 is 10.6 Å². The Morgan fingerprint density at radius 3 is 2.88 bits per heavy atom. The molecular weight excluding hydrogens is 366 g/mol. The molecule has 0 atom stereocenters. The number of anilines is 2. The largest absolute Gasteiger partial charge is 0.375 e. The monoisotopic (exact) mass is 383 g/mol. The van der Waals surface area contributed by atoms with E-state index in [9.17, 15) is 9.59 Å². The van der Waals surface area contributed by atoms with Crippen molar-refractivity contribution in [3.63, 3.8) is 0 Å². The number of nitrogens with zero attached hydrogens (tertiary/aromatic N) is 2. The minimum Gasteiger partial charge on any atom is -0.375 e. The molecule has 3 aromatic rings. The lowest BCUT2D eigenvalue weighted by molar-refractivity contribution is -0.118. The standard InChI is InChI=1S/C19H17N3O2S2/c20-19-21-18(15-6-3-11-25-15)16(26-19)7-8-17(24)22-10-9-14(23)12-4-1-2-5-13(12)22/h1-6,11H,7-10H2,(H2,20,21). The molecule has 26 heavy (non-hydrogen) atoms. The van der Waals surface area contributed by atoms with Crippen LogP contribution in [0.3, 0.4) is 0 Å². The van der Waals surface area contributed by atoms with Crippen molar-refractivity contribution in [1.82, 2.24) is 4.98 Å². The lowest BCUT2D eigenvalue weighted by atomic mass is 10.00. The number of rotatable bonds is 4. The van der Waals surface area contributed by atoms with Gasteiger partial charge in [-0.15, -0.1) is 22.7 Å². The van der Waals surface area contributed by atoms with Gasteiger partial charge in [0, 0.05) is 29.8 Å². The van der Waals surface area contributed by atoms with E-state index in [-0.39, 0.29) is 11.7 Å². The maximum atomic E-state index is 12.8. The van der Waals surface area contributed by atoms with Gasteiger partial charge in [0.25, 0.3) is 0 Å². The van der Waals surface area contributed by atoms with Gasteiger partial charge in [-0.2, -0.15) is 0 Å². The maximum Gasteiger partial charge on any atom is 0.227 e. The van der Waals surface area contributed by atoms with Crippen molar-refractivity contribution in [2.75, 3.05) is 17.2 Å². The second kappa shape index (κ2) is 7.01. The number of Topliss-reactive ketones (excluding diaryl/α,β-unsaturated/α-hetero) is 1. The van der Waals surface area contributed by atoms with E-state index in [1.165, 1.54) is 11.3 Å². The molecule has 0 unspecified atom stereocenters. The molecule has 2 N–H and O–H groups in total. The summed E-state index contributed by atoms with van der Waals surface area (Å²) in [5, 5.41) is 2.52. The second-order valence-corrected chi connectivity index (χ2v) is 8.10. The van der Waals surface area contributed by atoms with Crippen LogP contribution in [-0.4, -0.2) is 23.2 Å². The van der Waals surface area contributed by atoms with Gasteiger partial charge in [0.2, 0.25) is 5.91 Å².